The lowest BCUT2D eigenvalue weighted by Gasteiger charge is -2.33. The fraction of sp³-hybridized carbons (Fsp3) is 0.933. The van der Waals surface area contributed by atoms with Crippen LogP contribution in [0.4, 0.5) is 4.79 Å². The highest BCUT2D eigenvalue weighted by Gasteiger charge is 2.29. The lowest BCUT2D eigenvalue weighted by Crippen LogP contribution is -2.49. The van der Waals surface area contributed by atoms with Gasteiger partial charge < -0.3 is 20.5 Å². The zero-order valence-electron chi connectivity index (χ0n) is 13.3. The van der Waals surface area contributed by atoms with E-state index in [0.29, 0.717) is 6.54 Å². The molecule has 2 unspecified atom stereocenters. The molecule has 5 heteroatoms. The second-order valence-electron chi connectivity index (χ2n) is 6.91. The molecular weight excluding hydrogens is 256 g/mol. The van der Waals surface area contributed by atoms with Gasteiger partial charge in [0.15, 0.2) is 0 Å². The molecule has 1 fully saturated rings. The quantitative estimate of drug-likeness (QED) is 0.830. The third-order valence-electron chi connectivity index (χ3n) is 3.76. The number of ether oxygens (including phenoxy) is 1. The second kappa shape index (κ2) is 7.27. The molecule has 0 aliphatic heterocycles. The summed E-state index contributed by atoms with van der Waals surface area (Å²) in [5, 5.41) is 10.3. The summed E-state index contributed by atoms with van der Waals surface area (Å²) < 4.78 is 5.28. The van der Waals surface area contributed by atoms with E-state index in [-0.39, 0.29) is 5.92 Å². The average Bonchev–Trinajstić information content (AvgIpc) is 2.36. The minimum atomic E-state index is -0.541. The standard InChI is InChI=1S/C15H30N2O3/c1-15(2,3)20-14(19)17(4)10-12(16)13(18)11-8-6-5-7-9-11/h11-13,18H,5-10,16H2,1-4H3. The molecular formula is C15H30N2O3. The van der Waals surface area contributed by atoms with Crippen molar-refractivity contribution in [2.45, 2.75) is 70.6 Å². The number of hydrogen-bond acceptors (Lipinski definition) is 4. The largest absolute Gasteiger partial charge is 0.444 e. The summed E-state index contributed by atoms with van der Waals surface area (Å²) in [5.74, 6) is 0.269. The van der Waals surface area contributed by atoms with Gasteiger partial charge in [0.1, 0.15) is 5.60 Å². The Bertz CT molecular complexity index is 309. The van der Waals surface area contributed by atoms with Gasteiger partial charge in [-0.1, -0.05) is 19.3 Å². The molecule has 20 heavy (non-hydrogen) atoms. The lowest BCUT2D eigenvalue weighted by atomic mass is 9.83. The van der Waals surface area contributed by atoms with Crippen molar-refractivity contribution in [1.82, 2.24) is 4.90 Å². The average molecular weight is 286 g/mol. The second-order valence-corrected chi connectivity index (χ2v) is 6.91. The third kappa shape index (κ3) is 5.67. The molecule has 0 aromatic rings. The molecule has 0 heterocycles. The molecule has 1 rings (SSSR count). The first-order valence-electron chi connectivity index (χ1n) is 7.58. The van der Waals surface area contributed by atoms with Gasteiger partial charge in [-0.2, -0.15) is 0 Å². The number of carbonyl (C=O) groups excluding carboxylic acids is 1. The summed E-state index contributed by atoms with van der Waals surface area (Å²) in [6.45, 7) is 5.80. The number of rotatable bonds is 4. The van der Waals surface area contributed by atoms with E-state index in [9.17, 15) is 9.90 Å². The number of nitrogens with two attached hydrogens (primary N) is 1. The summed E-state index contributed by atoms with van der Waals surface area (Å²) in [4.78, 5) is 13.3. The van der Waals surface area contributed by atoms with Gasteiger partial charge in [0.2, 0.25) is 0 Å². The Morgan fingerprint density at radius 2 is 1.90 bits per heavy atom. The summed E-state index contributed by atoms with van der Waals surface area (Å²) in [5.41, 5.74) is 5.53. The van der Waals surface area contributed by atoms with Gasteiger partial charge in [0.25, 0.3) is 0 Å². The summed E-state index contributed by atoms with van der Waals surface area (Å²) in [6.07, 6.45) is 4.70. The van der Waals surface area contributed by atoms with Crippen molar-refractivity contribution in [2.75, 3.05) is 13.6 Å². The van der Waals surface area contributed by atoms with Crippen LogP contribution in [0.25, 0.3) is 0 Å². The molecule has 0 radical (unpaired) electrons. The normalized spacial score (nSPS) is 20.3. The Morgan fingerprint density at radius 3 is 2.40 bits per heavy atom. The monoisotopic (exact) mass is 286 g/mol. The van der Waals surface area contributed by atoms with Crippen LogP contribution >= 0.6 is 0 Å². The highest BCUT2D eigenvalue weighted by atomic mass is 16.6. The third-order valence-corrected chi connectivity index (χ3v) is 3.76. The van der Waals surface area contributed by atoms with E-state index in [1.165, 1.54) is 11.3 Å². The van der Waals surface area contributed by atoms with E-state index < -0.39 is 23.8 Å². The fourth-order valence-electron chi connectivity index (χ4n) is 2.66. The number of amides is 1. The van der Waals surface area contributed by atoms with Crippen LogP contribution in [-0.2, 0) is 4.74 Å². The number of nitrogens with zero attached hydrogens (tertiary/aromatic N) is 1. The van der Waals surface area contributed by atoms with E-state index in [1.807, 2.05) is 20.8 Å². The van der Waals surface area contributed by atoms with E-state index in [2.05, 4.69) is 0 Å². The van der Waals surface area contributed by atoms with Crippen LogP contribution in [0, 0.1) is 5.92 Å². The van der Waals surface area contributed by atoms with Crippen molar-refractivity contribution in [2.24, 2.45) is 11.7 Å². The molecule has 1 aliphatic rings. The number of likely N-dealkylation sites (N-methyl/N-ethyl adjacent to an activating group) is 1. The van der Waals surface area contributed by atoms with Gasteiger partial charge in [-0.3, -0.25) is 0 Å². The molecule has 2 atom stereocenters. The van der Waals surface area contributed by atoms with Crippen LogP contribution in [0.3, 0.4) is 0 Å². The number of carbonyl (C=O) groups is 1. The first kappa shape index (κ1) is 17.2. The molecule has 118 valence electrons. The van der Waals surface area contributed by atoms with Gasteiger partial charge in [0.05, 0.1) is 6.10 Å². The molecule has 1 amide bonds. The molecule has 0 saturated heterocycles. The van der Waals surface area contributed by atoms with Crippen LogP contribution in [0.15, 0.2) is 0 Å². The maximum atomic E-state index is 11.9. The minimum absolute atomic E-state index is 0.269. The van der Waals surface area contributed by atoms with Crippen molar-refractivity contribution in [3.8, 4) is 0 Å². The first-order valence-corrected chi connectivity index (χ1v) is 7.58. The summed E-state index contributed by atoms with van der Waals surface area (Å²) in [7, 11) is 1.65. The topological polar surface area (TPSA) is 75.8 Å². The van der Waals surface area contributed by atoms with Gasteiger partial charge in [0, 0.05) is 19.6 Å². The van der Waals surface area contributed by atoms with E-state index in [4.69, 9.17) is 10.5 Å². The first-order chi connectivity index (χ1) is 9.20. The van der Waals surface area contributed by atoms with E-state index in [1.54, 1.807) is 7.05 Å². The SMILES string of the molecule is CN(CC(N)C(O)C1CCCCC1)C(=O)OC(C)(C)C. The number of aliphatic hydroxyl groups is 1. The fourth-order valence-corrected chi connectivity index (χ4v) is 2.66. The summed E-state index contributed by atoms with van der Waals surface area (Å²) in [6, 6.07) is -0.421. The van der Waals surface area contributed by atoms with Crippen molar-refractivity contribution < 1.29 is 14.6 Å². The van der Waals surface area contributed by atoms with E-state index in [0.717, 1.165) is 25.7 Å². The Hall–Kier alpha value is -0.810. The zero-order valence-corrected chi connectivity index (χ0v) is 13.3. The molecule has 5 nitrogen and oxygen atoms in total. The van der Waals surface area contributed by atoms with Crippen molar-refractivity contribution >= 4 is 6.09 Å². The predicted molar refractivity (Wildman–Crippen MR) is 79.4 cm³/mol. The maximum Gasteiger partial charge on any atom is 0.410 e. The Morgan fingerprint density at radius 1 is 1.35 bits per heavy atom. The predicted octanol–water partition coefficient (Wildman–Crippen LogP) is 2.12. The Kier molecular flexibility index (Phi) is 6.27. The van der Waals surface area contributed by atoms with Gasteiger partial charge in [-0.25, -0.2) is 4.79 Å². The van der Waals surface area contributed by atoms with Crippen LogP contribution in [0.1, 0.15) is 52.9 Å². The Labute approximate surface area is 122 Å². The highest BCUT2D eigenvalue weighted by Crippen LogP contribution is 2.27. The molecule has 3 N–H and O–H groups in total. The number of hydrogen-bond donors (Lipinski definition) is 2. The molecule has 0 aromatic heterocycles. The van der Waals surface area contributed by atoms with E-state index >= 15 is 0 Å². The van der Waals surface area contributed by atoms with Crippen LogP contribution in [0.5, 0.6) is 0 Å². The number of aliphatic hydroxyl groups excluding tert-OH is 1. The van der Waals surface area contributed by atoms with Crippen molar-refractivity contribution in [3.63, 3.8) is 0 Å². The molecule has 1 aliphatic carbocycles. The summed E-state index contributed by atoms with van der Waals surface area (Å²) >= 11 is 0. The van der Waals surface area contributed by atoms with Crippen molar-refractivity contribution in [1.29, 1.82) is 0 Å². The van der Waals surface area contributed by atoms with Crippen molar-refractivity contribution in [3.05, 3.63) is 0 Å². The lowest BCUT2D eigenvalue weighted by molar-refractivity contribution is 0.0185. The highest BCUT2D eigenvalue weighted by molar-refractivity contribution is 5.67. The zero-order chi connectivity index (χ0) is 15.3. The molecule has 0 spiro atoms. The minimum Gasteiger partial charge on any atom is -0.444 e. The van der Waals surface area contributed by atoms with Gasteiger partial charge >= 0.3 is 6.09 Å². The van der Waals surface area contributed by atoms with Crippen LogP contribution < -0.4 is 5.73 Å². The molecule has 1 saturated carbocycles. The van der Waals surface area contributed by atoms with Gasteiger partial charge in [-0.15, -0.1) is 0 Å². The molecule has 0 bridgehead atoms. The van der Waals surface area contributed by atoms with Crippen LogP contribution in [-0.4, -0.2) is 47.4 Å². The van der Waals surface area contributed by atoms with Crippen LogP contribution in [0.2, 0.25) is 0 Å². The smallest absolute Gasteiger partial charge is 0.410 e. The van der Waals surface area contributed by atoms with Gasteiger partial charge in [-0.05, 0) is 39.5 Å². The maximum absolute atomic E-state index is 11.9. The molecule has 0 aromatic carbocycles. The Balaban J connectivity index is 2.43.